The smallest absolute Gasteiger partial charge is 0.344 e. The molecule has 0 saturated carbocycles. The van der Waals surface area contributed by atoms with Gasteiger partial charge in [-0.1, -0.05) is 6.07 Å². The second kappa shape index (κ2) is 8.19. The summed E-state index contributed by atoms with van der Waals surface area (Å²) in [6, 6.07) is 5.06. The maximum atomic E-state index is 12.7. The van der Waals surface area contributed by atoms with Crippen molar-refractivity contribution in [2.24, 2.45) is 16.0 Å². The van der Waals surface area contributed by atoms with Gasteiger partial charge in [0.25, 0.3) is 5.91 Å². The topological polar surface area (TPSA) is 123 Å². The predicted octanol–water partition coefficient (Wildman–Crippen LogP) is 1.25. The zero-order chi connectivity index (χ0) is 20.4. The number of likely N-dealkylation sites (tertiary alicyclic amines) is 1. The zero-order valence-electron chi connectivity index (χ0n) is 16.2. The normalized spacial score (nSPS) is 26.1. The minimum Gasteiger partial charge on any atom is -0.492 e. The van der Waals surface area contributed by atoms with Crippen LogP contribution in [0.2, 0.25) is 0 Å². The molecular weight excluding hydrogens is 396 g/mol. The number of nitrogens with one attached hydrogen (secondary N) is 1. The van der Waals surface area contributed by atoms with Crippen LogP contribution in [0.15, 0.2) is 22.6 Å². The van der Waals surface area contributed by atoms with Crippen molar-refractivity contribution in [3.8, 4) is 5.75 Å². The average Bonchev–Trinajstić information content (AvgIpc) is 2.71. The lowest BCUT2D eigenvalue weighted by Gasteiger charge is -2.35. The van der Waals surface area contributed by atoms with E-state index in [1.54, 1.807) is 18.2 Å². The van der Waals surface area contributed by atoms with Crippen molar-refractivity contribution in [2.45, 2.75) is 38.2 Å². The molecule has 2 fully saturated rings. The Balaban J connectivity index is 1.40. The summed E-state index contributed by atoms with van der Waals surface area (Å²) in [6.07, 6.45) is 4.41. The molecule has 4 rings (SSSR count). The highest BCUT2D eigenvalue weighted by atomic mass is 32.2. The van der Waals surface area contributed by atoms with E-state index in [1.807, 2.05) is 4.90 Å². The van der Waals surface area contributed by atoms with E-state index in [9.17, 15) is 13.2 Å². The van der Waals surface area contributed by atoms with Crippen LogP contribution in [0.5, 0.6) is 5.75 Å². The Morgan fingerprint density at radius 1 is 1.31 bits per heavy atom. The molecule has 1 amide bonds. The van der Waals surface area contributed by atoms with Gasteiger partial charge >= 0.3 is 10.2 Å². The van der Waals surface area contributed by atoms with Gasteiger partial charge in [0.1, 0.15) is 11.9 Å². The lowest BCUT2D eigenvalue weighted by Crippen LogP contribution is -2.47. The van der Waals surface area contributed by atoms with Crippen molar-refractivity contribution >= 4 is 27.6 Å². The number of hydrogen-bond acceptors (Lipinski definition) is 6. The Hall–Kier alpha value is -2.33. The van der Waals surface area contributed by atoms with E-state index in [0.717, 1.165) is 38.6 Å². The number of hydrogen-bond donors (Lipinski definition) is 2. The standard InChI is InChI=1S/C19H26N4O5S/c20-18-17-14(21-29(25,26)22-18)6-3-8-15(17)28-12-13-5-4-9-23(11-13)19(24)16-7-1-2-10-27-16/h3,6,8,13,16,21H,1-2,4-5,7,9-12H2,(H2,20,22). The van der Waals surface area contributed by atoms with Gasteiger partial charge in [-0.15, -0.1) is 4.40 Å². The number of benzene rings is 1. The second-order valence-electron chi connectivity index (χ2n) is 7.69. The van der Waals surface area contributed by atoms with Crippen molar-refractivity contribution in [1.82, 2.24) is 4.90 Å². The molecule has 2 saturated heterocycles. The zero-order valence-corrected chi connectivity index (χ0v) is 17.0. The van der Waals surface area contributed by atoms with E-state index >= 15 is 0 Å². The van der Waals surface area contributed by atoms with Crippen LogP contribution in [-0.2, 0) is 19.7 Å². The molecule has 0 spiro atoms. The predicted molar refractivity (Wildman–Crippen MR) is 108 cm³/mol. The van der Waals surface area contributed by atoms with Gasteiger partial charge in [0.15, 0.2) is 5.84 Å². The lowest BCUT2D eigenvalue weighted by molar-refractivity contribution is -0.148. The van der Waals surface area contributed by atoms with E-state index in [4.69, 9.17) is 15.2 Å². The number of piperidine rings is 1. The quantitative estimate of drug-likeness (QED) is 0.753. The molecule has 29 heavy (non-hydrogen) atoms. The molecule has 158 valence electrons. The van der Waals surface area contributed by atoms with Gasteiger partial charge in [-0.2, -0.15) is 8.42 Å². The summed E-state index contributed by atoms with van der Waals surface area (Å²) >= 11 is 0. The molecule has 3 heterocycles. The molecule has 2 atom stereocenters. The molecule has 10 heteroatoms. The van der Waals surface area contributed by atoms with Gasteiger partial charge in [-0.05, 0) is 44.2 Å². The van der Waals surface area contributed by atoms with E-state index in [2.05, 4.69) is 9.12 Å². The molecule has 0 aliphatic carbocycles. The van der Waals surface area contributed by atoms with Crippen LogP contribution < -0.4 is 15.2 Å². The second-order valence-corrected chi connectivity index (χ2v) is 9.03. The van der Waals surface area contributed by atoms with Crippen LogP contribution in [0.25, 0.3) is 0 Å². The minimum atomic E-state index is -3.82. The molecule has 3 aliphatic rings. The summed E-state index contributed by atoms with van der Waals surface area (Å²) in [6.45, 7) is 2.44. The van der Waals surface area contributed by atoms with E-state index in [1.165, 1.54) is 0 Å². The molecule has 1 aromatic rings. The van der Waals surface area contributed by atoms with Crippen LogP contribution in [0, 0.1) is 5.92 Å². The van der Waals surface area contributed by atoms with Crippen molar-refractivity contribution in [1.29, 1.82) is 0 Å². The number of nitrogens with zero attached hydrogens (tertiary/aromatic N) is 2. The Morgan fingerprint density at radius 3 is 2.97 bits per heavy atom. The fourth-order valence-electron chi connectivity index (χ4n) is 4.09. The largest absolute Gasteiger partial charge is 0.492 e. The highest BCUT2D eigenvalue weighted by Gasteiger charge is 2.31. The maximum Gasteiger partial charge on any atom is 0.344 e. The Kier molecular flexibility index (Phi) is 5.64. The fourth-order valence-corrected chi connectivity index (χ4v) is 4.93. The first kappa shape index (κ1) is 20.0. The number of ether oxygens (including phenoxy) is 2. The van der Waals surface area contributed by atoms with Crippen LogP contribution in [0.4, 0.5) is 5.69 Å². The van der Waals surface area contributed by atoms with Gasteiger partial charge in [0.2, 0.25) is 0 Å². The summed E-state index contributed by atoms with van der Waals surface area (Å²) < 4.78 is 40.9. The third-order valence-corrected chi connectivity index (χ3v) is 6.42. The van der Waals surface area contributed by atoms with Crippen LogP contribution in [0.1, 0.15) is 37.7 Å². The van der Waals surface area contributed by atoms with Crippen molar-refractivity contribution < 1.29 is 22.7 Å². The number of fused-ring (bicyclic) bond motifs is 1. The Bertz CT molecular complexity index is 911. The average molecular weight is 423 g/mol. The molecule has 1 aromatic carbocycles. The molecule has 0 bridgehead atoms. The number of anilines is 1. The molecule has 3 N–H and O–H groups in total. The summed E-state index contributed by atoms with van der Waals surface area (Å²) in [5, 5.41) is 0. The number of amides is 1. The molecule has 2 unspecified atom stereocenters. The SMILES string of the molecule is NC1=NS(=O)(=O)Nc2cccc(OCC3CCCN(C(=O)C4CCCCO4)C3)c21. The molecular formula is C19H26N4O5S. The van der Waals surface area contributed by atoms with Crippen molar-refractivity contribution in [3.63, 3.8) is 0 Å². The summed E-state index contributed by atoms with van der Waals surface area (Å²) in [7, 11) is -3.82. The van der Waals surface area contributed by atoms with Gasteiger partial charge < -0.3 is 20.1 Å². The van der Waals surface area contributed by atoms with E-state index in [0.29, 0.717) is 36.8 Å². The Labute approximate surface area is 170 Å². The summed E-state index contributed by atoms with van der Waals surface area (Å²) in [5.41, 5.74) is 6.66. The minimum absolute atomic E-state index is 0.0808. The molecule has 3 aliphatic heterocycles. The molecule has 0 aromatic heterocycles. The number of carbonyl (C=O) groups is 1. The number of nitrogens with two attached hydrogens (primary N) is 1. The number of rotatable bonds is 4. The maximum absolute atomic E-state index is 12.7. The highest BCUT2D eigenvalue weighted by Crippen LogP contribution is 2.31. The fraction of sp³-hybridized carbons (Fsp3) is 0.579. The number of amidine groups is 1. The lowest BCUT2D eigenvalue weighted by atomic mass is 9.97. The summed E-state index contributed by atoms with van der Waals surface area (Å²) in [4.78, 5) is 14.6. The van der Waals surface area contributed by atoms with Gasteiger partial charge in [0, 0.05) is 25.6 Å². The first-order valence-corrected chi connectivity index (χ1v) is 11.4. The van der Waals surface area contributed by atoms with E-state index in [-0.39, 0.29) is 23.8 Å². The molecule has 9 nitrogen and oxygen atoms in total. The third-order valence-electron chi connectivity index (χ3n) is 5.50. The van der Waals surface area contributed by atoms with Gasteiger partial charge in [-0.25, -0.2) is 0 Å². The van der Waals surface area contributed by atoms with E-state index < -0.39 is 10.2 Å². The monoisotopic (exact) mass is 422 g/mol. The highest BCUT2D eigenvalue weighted by molar-refractivity contribution is 7.91. The van der Waals surface area contributed by atoms with Gasteiger partial charge in [0.05, 0.1) is 17.9 Å². The van der Waals surface area contributed by atoms with Crippen LogP contribution in [-0.4, -0.2) is 57.5 Å². The Morgan fingerprint density at radius 2 is 2.17 bits per heavy atom. The van der Waals surface area contributed by atoms with Crippen LogP contribution in [0.3, 0.4) is 0 Å². The third kappa shape index (κ3) is 4.48. The van der Waals surface area contributed by atoms with Crippen LogP contribution >= 0.6 is 0 Å². The molecule has 0 radical (unpaired) electrons. The number of carbonyl (C=O) groups excluding carboxylic acids is 1. The first-order chi connectivity index (χ1) is 13.9. The van der Waals surface area contributed by atoms with Crippen molar-refractivity contribution in [3.05, 3.63) is 23.8 Å². The summed E-state index contributed by atoms with van der Waals surface area (Å²) in [5.74, 6) is 0.650. The first-order valence-electron chi connectivity index (χ1n) is 9.98. The van der Waals surface area contributed by atoms with Gasteiger partial charge in [-0.3, -0.25) is 9.52 Å². The van der Waals surface area contributed by atoms with Crippen molar-refractivity contribution in [2.75, 3.05) is 31.0 Å².